The van der Waals surface area contributed by atoms with E-state index in [1.165, 1.54) is 0 Å². The average molecular weight is 502 g/mol. The van der Waals surface area contributed by atoms with Crippen LogP contribution in [0.25, 0.3) is 16.9 Å². The van der Waals surface area contributed by atoms with Crippen LogP contribution in [0.15, 0.2) is 30.6 Å². The van der Waals surface area contributed by atoms with Crippen LogP contribution in [-0.4, -0.2) is 75.3 Å². The molecule has 3 aromatic rings. The van der Waals surface area contributed by atoms with Crippen LogP contribution in [0.1, 0.15) is 26.5 Å². The molecule has 10 nitrogen and oxygen atoms in total. The smallest absolute Gasteiger partial charge is 0.410 e. The molecule has 1 aliphatic heterocycles. The first kappa shape index (κ1) is 24.6. The highest BCUT2D eigenvalue weighted by Gasteiger charge is 2.28. The minimum Gasteiger partial charge on any atom is -0.497 e. The van der Waals surface area contributed by atoms with E-state index >= 15 is 0 Å². The molecule has 1 fully saturated rings. The van der Waals surface area contributed by atoms with Gasteiger partial charge in [-0.05, 0) is 39.0 Å². The van der Waals surface area contributed by atoms with Crippen molar-refractivity contribution in [3.8, 4) is 17.0 Å². The summed E-state index contributed by atoms with van der Waals surface area (Å²) in [4.78, 5) is 36.8. The predicted molar refractivity (Wildman–Crippen MR) is 131 cm³/mol. The quantitative estimate of drug-likeness (QED) is 0.563. The van der Waals surface area contributed by atoms with E-state index in [9.17, 15) is 14.7 Å². The zero-order valence-corrected chi connectivity index (χ0v) is 20.9. The van der Waals surface area contributed by atoms with Crippen molar-refractivity contribution in [3.05, 3.63) is 41.3 Å². The Bertz CT molecular complexity index is 1260. The minimum atomic E-state index is -0.974. The number of methoxy groups -OCH3 is 1. The van der Waals surface area contributed by atoms with Gasteiger partial charge in [-0.1, -0.05) is 11.6 Å². The van der Waals surface area contributed by atoms with Gasteiger partial charge in [0.2, 0.25) is 0 Å². The van der Waals surface area contributed by atoms with E-state index in [0.29, 0.717) is 65.4 Å². The number of amides is 1. The number of halogens is 1. The first-order valence-corrected chi connectivity index (χ1v) is 11.6. The molecular formula is C24H28ClN5O5. The molecular weight excluding hydrogens is 474 g/mol. The Balaban J connectivity index is 1.67. The van der Waals surface area contributed by atoms with Gasteiger partial charge in [-0.3, -0.25) is 9.20 Å². The van der Waals surface area contributed by atoms with E-state index < -0.39 is 11.6 Å². The molecule has 35 heavy (non-hydrogen) atoms. The van der Waals surface area contributed by atoms with Crippen LogP contribution < -0.4 is 9.64 Å². The topological polar surface area (TPSA) is 110 Å². The second-order valence-corrected chi connectivity index (χ2v) is 9.67. The van der Waals surface area contributed by atoms with Gasteiger partial charge < -0.3 is 24.4 Å². The van der Waals surface area contributed by atoms with Crippen molar-refractivity contribution in [2.75, 3.05) is 38.2 Å². The molecule has 4 rings (SSSR count). The van der Waals surface area contributed by atoms with Gasteiger partial charge in [-0.25, -0.2) is 14.8 Å². The highest BCUT2D eigenvalue weighted by Crippen LogP contribution is 2.33. The van der Waals surface area contributed by atoms with Crippen molar-refractivity contribution < 1.29 is 24.2 Å². The predicted octanol–water partition coefficient (Wildman–Crippen LogP) is 3.74. The molecule has 0 atom stereocenters. The number of carboxylic acid groups (broad SMARTS) is 1. The molecule has 1 amide bonds. The fourth-order valence-electron chi connectivity index (χ4n) is 3.93. The van der Waals surface area contributed by atoms with Gasteiger partial charge in [-0.2, -0.15) is 0 Å². The van der Waals surface area contributed by atoms with Crippen LogP contribution in [-0.2, 0) is 16.0 Å². The van der Waals surface area contributed by atoms with Gasteiger partial charge in [0.1, 0.15) is 11.4 Å². The summed E-state index contributed by atoms with van der Waals surface area (Å²) in [6, 6.07) is 5.33. The fraction of sp³-hybridized carbons (Fsp3) is 0.417. The Kier molecular flexibility index (Phi) is 6.75. The number of hydrogen-bond acceptors (Lipinski definition) is 7. The third-order valence-electron chi connectivity index (χ3n) is 5.54. The monoisotopic (exact) mass is 501 g/mol. The number of hydrogen-bond donors (Lipinski definition) is 1. The van der Waals surface area contributed by atoms with Crippen LogP contribution >= 0.6 is 11.6 Å². The number of aromatic nitrogens is 3. The second-order valence-electron chi connectivity index (χ2n) is 9.26. The van der Waals surface area contributed by atoms with Crippen molar-refractivity contribution in [1.29, 1.82) is 0 Å². The summed E-state index contributed by atoms with van der Waals surface area (Å²) in [5, 5.41) is 9.77. The molecule has 1 aromatic carbocycles. The zero-order valence-electron chi connectivity index (χ0n) is 20.1. The van der Waals surface area contributed by atoms with Gasteiger partial charge in [0.15, 0.2) is 11.5 Å². The minimum absolute atomic E-state index is 0.219. The summed E-state index contributed by atoms with van der Waals surface area (Å²) in [5.41, 5.74) is 1.76. The molecule has 2 aromatic heterocycles. The fourth-order valence-corrected chi connectivity index (χ4v) is 4.20. The number of carbonyl (C=O) groups is 2. The van der Waals surface area contributed by atoms with Crippen LogP contribution in [0, 0.1) is 0 Å². The lowest BCUT2D eigenvalue weighted by Gasteiger charge is -2.36. The molecule has 0 radical (unpaired) electrons. The average Bonchev–Trinajstić information content (AvgIpc) is 3.20. The molecule has 186 valence electrons. The second kappa shape index (κ2) is 9.61. The number of carbonyl (C=O) groups excluding carboxylic acids is 1. The summed E-state index contributed by atoms with van der Waals surface area (Å²) in [5.74, 6) is 0.261. The van der Waals surface area contributed by atoms with E-state index in [-0.39, 0.29) is 12.5 Å². The Morgan fingerprint density at radius 1 is 1.17 bits per heavy atom. The molecule has 1 aliphatic rings. The number of ether oxygens (including phenoxy) is 2. The zero-order chi connectivity index (χ0) is 25.3. The third kappa shape index (κ3) is 5.43. The largest absolute Gasteiger partial charge is 0.497 e. The SMILES string of the molecule is COc1ccc(-c2cnc(N3CCN(C(=O)OC(C)(C)C)CC3)c3nc(CC(=O)O)cn23)c(Cl)c1. The first-order valence-electron chi connectivity index (χ1n) is 11.2. The van der Waals surface area contributed by atoms with Crippen molar-refractivity contribution in [2.24, 2.45) is 0 Å². The Morgan fingerprint density at radius 3 is 2.49 bits per heavy atom. The molecule has 1 N–H and O–H groups in total. The lowest BCUT2D eigenvalue weighted by molar-refractivity contribution is -0.136. The summed E-state index contributed by atoms with van der Waals surface area (Å²) < 4.78 is 12.5. The molecule has 0 spiro atoms. The highest BCUT2D eigenvalue weighted by molar-refractivity contribution is 6.33. The first-order chi connectivity index (χ1) is 16.6. The van der Waals surface area contributed by atoms with E-state index in [0.717, 1.165) is 0 Å². The lowest BCUT2D eigenvalue weighted by Crippen LogP contribution is -2.50. The Labute approximate surface area is 208 Å². The maximum Gasteiger partial charge on any atom is 0.410 e. The Hall–Kier alpha value is -3.53. The summed E-state index contributed by atoms with van der Waals surface area (Å²) >= 11 is 6.52. The van der Waals surface area contributed by atoms with Gasteiger partial charge in [-0.15, -0.1) is 0 Å². The summed E-state index contributed by atoms with van der Waals surface area (Å²) in [6.07, 6.45) is 2.83. The number of piperazine rings is 1. The number of imidazole rings is 1. The number of benzene rings is 1. The Morgan fingerprint density at radius 2 is 1.89 bits per heavy atom. The number of aliphatic carboxylic acids is 1. The third-order valence-corrected chi connectivity index (χ3v) is 5.85. The number of rotatable bonds is 5. The molecule has 0 saturated carbocycles. The molecule has 3 heterocycles. The number of carboxylic acids is 1. The lowest BCUT2D eigenvalue weighted by atomic mass is 10.1. The number of fused-ring (bicyclic) bond motifs is 1. The molecule has 0 aliphatic carbocycles. The normalized spacial score (nSPS) is 14.3. The molecule has 11 heteroatoms. The van der Waals surface area contributed by atoms with Crippen molar-refractivity contribution >= 4 is 35.1 Å². The number of nitrogens with zero attached hydrogens (tertiary/aromatic N) is 5. The van der Waals surface area contributed by atoms with Gasteiger partial charge in [0.25, 0.3) is 0 Å². The van der Waals surface area contributed by atoms with Crippen molar-refractivity contribution in [1.82, 2.24) is 19.3 Å². The van der Waals surface area contributed by atoms with E-state index in [2.05, 4.69) is 9.97 Å². The van der Waals surface area contributed by atoms with Crippen LogP contribution in [0.4, 0.5) is 10.6 Å². The summed E-state index contributed by atoms with van der Waals surface area (Å²) in [6.45, 7) is 7.52. The standard InChI is InChI=1S/C24H28ClN5O5/c1-24(2,3)35-23(33)29-9-7-28(8-10-29)21-22-27-15(11-20(31)32)14-30(22)19(13-26-21)17-6-5-16(34-4)12-18(17)25/h5-6,12-14H,7-11H2,1-4H3,(H,31,32). The van der Waals surface area contributed by atoms with E-state index in [1.54, 1.807) is 36.5 Å². The van der Waals surface area contributed by atoms with Gasteiger partial charge in [0, 0.05) is 37.9 Å². The van der Waals surface area contributed by atoms with Crippen molar-refractivity contribution in [2.45, 2.75) is 32.8 Å². The molecule has 0 unspecified atom stereocenters. The maximum atomic E-state index is 12.4. The molecule has 0 bridgehead atoms. The van der Waals surface area contributed by atoms with E-state index in [4.69, 9.17) is 21.1 Å². The van der Waals surface area contributed by atoms with Crippen LogP contribution in [0.5, 0.6) is 5.75 Å². The van der Waals surface area contributed by atoms with Crippen LogP contribution in [0.2, 0.25) is 5.02 Å². The number of anilines is 1. The van der Waals surface area contributed by atoms with Gasteiger partial charge >= 0.3 is 12.1 Å². The molecule has 1 saturated heterocycles. The van der Waals surface area contributed by atoms with Crippen LogP contribution in [0.3, 0.4) is 0 Å². The maximum absolute atomic E-state index is 12.4. The van der Waals surface area contributed by atoms with Crippen molar-refractivity contribution in [3.63, 3.8) is 0 Å². The van der Waals surface area contributed by atoms with Gasteiger partial charge in [0.05, 0.1) is 36.1 Å². The van der Waals surface area contributed by atoms with E-state index in [1.807, 2.05) is 36.1 Å². The summed E-state index contributed by atoms with van der Waals surface area (Å²) in [7, 11) is 1.57. The highest BCUT2D eigenvalue weighted by atomic mass is 35.5.